The SMILES string of the molecule is CNCC1CCCC(NCc2ccc3c(c2)C(=O)N(C2CCC(=O)NC2=O)C3=O)C1. The Bertz CT molecular complexity index is 882. The normalized spacial score (nSPS) is 26.7. The summed E-state index contributed by atoms with van der Waals surface area (Å²) in [5, 5.41) is 9.06. The van der Waals surface area contributed by atoms with E-state index in [1.54, 1.807) is 12.1 Å². The second-order valence-corrected chi connectivity index (χ2v) is 8.50. The van der Waals surface area contributed by atoms with E-state index in [2.05, 4.69) is 16.0 Å². The van der Waals surface area contributed by atoms with Crippen molar-refractivity contribution in [3.05, 3.63) is 34.9 Å². The molecule has 2 heterocycles. The Morgan fingerprint density at radius 2 is 1.87 bits per heavy atom. The quantitative estimate of drug-likeness (QED) is 0.601. The van der Waals surface area contributed by atoms with Crippen molar-refractivity contribution in [3.8, 4) is 0 Å². The minimum absolute atomic E-state index is 0.120. The fourth-order valence-electron chi connectivity index (χ4n) is 4.84. The molecule has 1 saturated heterocycles. The maximum absolute atomic E-state index is 12.9. The first-order chi connectivity index (χ1) is 14.5. The second-order valence-electron chi connectivity index (χ2n) is 8.50. The van der Waals surface area contributed by atoms with Gasteiger partial charge in [-0.1, -0.05) is 12.5 Å². The molecule has 4 amide bonds. The van der Waals surface area contributed by atoms with E-state index in [0.29, 0.717) is 29.6 Å². The number of hydrogen-bond acceptors (Lipinski definition) is 6. The van der Waals surface area contributed by atoms with Crippen molar-refractivity contribution in [1.82, 2.24) is 20.9 Å². The highest BCUT2D eigenvalue weighted by atomic mass is 16.2. The average Bonchev–Trinajstić information content (AvgIpc) is 2.97. The second kappa shape index (κ2) is 8.65. The number of nitrogens with one attached hydrogen (secondary N) is 3. The molecule has 1 saturated carbocycles. The van der Waals surface area contributed by atoms with Gasteiger partial charge in [-0.2, -0.15) is 0 Å². The van der Waals surface area contributed by atoms with Crippen LogP contribution in [0.4, 0.5) is 0 Å². The number of nitrogens with zero attached hydrogens (tertiary/aromatic N) is 1. The lowest BCUT2D eigenvalue weighted by Gasteiger charge is -2.29. The number of carbonyl (C=O) groups excluding carboxylic acids is 4. The maximum atomic E-state index is 12.9. The molecule has 2 aliphatic heterocycles. The third-order valence-corrected chi connectivity index (χ3v) is 6.37. The lowest BCUT2D eigenvalue weighted by Crippen LogP contribution is -2.54. The van der Waals surface area contributed by atoms with Crippen LogP contribution in [0.5, 0.6) is 0 Å². The number of hydrogen-bond donors (Lipinski definition) is 3. The Balaban J connectivity index is 1.43. The molecule has 1 aromatic carbocycles. The van der Waals surface area contributed by atoms with E-state index < -0.39 is 23.8 Å². The summed E-state index contributed by atoms with van der Waals surface area (Å²) in [5.41, 5.74) is 1.59. The van der Waals surface area contributed by atoms with Crippen molar-refractivity contribution < 1.29 is 19.2 Å². The molecule has 160 valence electrons. The standard InChI is InChI=1S/C22H28N4O4/c1-23-11-13-3-2-4-15(9-13)24-12-14-5-6-16-17(10-14)22(30)26(21(16)29)18-7-8-19(27)25-20(18)28/h5-6,10,13,15,18,23-24H,2-4,7-9,11-12H2,1H3,(H,25,27,28). The largest absolute Gasteiger partial charge is 0.319 e. The van der Waals surface area contributed by atoms with Gasteiger partial charge < -0.3 is 10.6 Å². The highest BCUT2D eigenvalue weighted by Crippen LogP contribution is 2.29. The van der Waals surface area contributed by atoms with Gasteiger partial charge in [-0.3, -0.25) is 29.4 Å². The van der Waals surface area contributed by atoms with Crippen LogP contribution >= 0.6 is 0 Å². The molecule has 4 rings (SSSR count). The van der Waals surface area contributed by atoms with Crippen molar-refractivity contribution in [2.75, 3.05) is 13.6 Å². The summed E-state index contributed by atoms with van der Waals surface area (Å²) in [6.07, 6.45) is 5.03. The van der Waals surface area contributed by atoms with E-state index in [1.807, 2.05) is 13.1 Å². The zero-order valence-electron chi connectivity index (χ0n) is 17.2. The molecule has 8 heteroatoms. The van der Waals surface area contributed by atoms with Crippen LogP contribution in [0.25, 0.3) is 0 Å². The van der Waals surface area contributed by atoms with E-state index in [-0.39, 0.29) is 18.7 Å². The predicted octanol–water partition coefficient (Wildman–Crippen LogP) is 0.956. The molecule has 3 N–H and O–H groups in total. The van der Waals surface area contributed by atoms with Crippen LogP contribution in [0.1, 0.15) is 64.8 Å². The summed E-state index contributed by atoms with van der Waals surface area (Å²) >= 11 is 0. The van der Waals surface area contributed by atoms with Crippen molar-refractivity contribution >= 4 is 23.6 Å². The summed E-state index contributed by atoms with van der Waals surface area (Å²) in [4.78, 5) is 50.2. The summed E-state index contributed by atoms with van der Waals surface area (Å²) in [5.74, 6) is -1.20. The van der Waals surface area contributed by atoms with Crippen molar-refractivity contribution in [2.24, 2.45) is 5.92 Å². The summed E-state index contributed by atoms with van der Waals surface area (Å²) < 4.78 is 0. The van der Waals surface area contributed by atoms with Crippen molar-refractivity contribution in [1.29, 1.82) is 0 Å². The Morgan fingerprint density at radius 1 is 1.07 bits per heavy atom. The number of rotatable bonds is 6. The molecule has 0 bridgehead atoms. The molecule has 1 aliphatic carbocycles. The Labute approximate surface area is 175 Å². The van der Waals surface area contributed by atoms with Crippen LogP contribution in [0.15, 0.2) is 18.2 Å². The zero-order valence-corrected chi connectivity index (χ0v) is 17.2. The Morgan fingerprint density at radius 3 is 2.63 bits per heavy atom. The highest BCUT2D eigenvalue weighted by molar-refractivity contribution is 6.23. The lowest BCUT2D eigenvalue weighted by atomic mass is 9.85. The molecule has 0 aromatic heterocycles. The smallest absolute Gasteiger partial charge is 0.262 e. The molecule has 2 fully saturated rings. The summed E-state index contributed by atoms with van der Waals surface area (Å²) in [6.45, 7) is 1.66. The minimum Gasteiger partial charge on any atom is -0.319 e. The van der Waals surface area contributed by atoms with Crippen LogP contribution in [0.2, 0.25) is 0 Å². The van der Waals surface area contributed by atoms with Gasteiger partial charge in [-0.25, -0.2) is 0 Å². The Kier molecular flexibility index (Phi) is 5.97. The van der Waals surface area contributed by atoms with Gasteiger partial charge in [0.15, 0.2) is 0 Å². The van der Waals surface area contributed by atoms with Crippen LogP contribution < -0.4 is 16.0 Å². The van der Waals surface area contributed by atoms with Gasteiger partial charge in [0.25, 0.3) is 11.8 Å². The topological polar surface area (TPSA) is 108 Å². The molecular formula is C22H28N4O4. The number of imide groups is 2. The molecule has 30 heavy (non-hydrogen) atoms. The van der Waals surface area contributed by atoms with Gasteiger partial charge in [0.1, 0.15) is 6.04 Å². The number of piperidine rings is 1. The Hall–Kier alpha value is -2.58. The minimum atomic E-state index is -0.928. The fraction of sp³-hybridized carbons (Fsp3) is 0.545. The van der Waals surface area contributed by atoms with E-state index in [1.165, 1.54) is 12.8 Å². The maximum Gasteiger partial charge on any atom is 0.262 e. The highest BCUT2D eigenvalue weighted by Gasteiger charge is 2.44. The molecule has 0 radical (unpaired) electrons. The van der Waals surface area contributed by atoms with Crippen molar-refractivity contribution in [2.45, 2.75) is 57.2 Å². The van der Waals surface area contributed by atoms with E-state index in [9.17, 15) is 19.2 Å². The monoisotopic (exact) mass is 412 g/mol. The molecule has 1 aromatic rings. The van der Waals surface area contributed by atoms with Crippen LogP contribution in [-0.4, -0.2) is 54.2 Å². The third kappa shape index (κ3) is 4.02. The van der Waals surface area contributed by atoms with Gasteiger partial charge >= 0.3 is 0 Å². The molecular weight excluding hydrogens is 384 g/mol. The van der Waals surface area contributed by atoms with Crippen LogP contribution in [0, 0.1) is 5.92 Å². The molecule has 3 unspecified atom stereocenters. The average molecular weight is 412 g/mol. The predicted molar refractivity (Wildman–Crippen MR) is 110 cm³/mol. The van der Waals surface area contributed by atoms with Gasteiger partial charge in [-0.05, 0) is 62.9 Å². The molecule has 3 atom stereocenters. The summed E-state index contributed by atoms with van der Waals surface area (Å²) in [7, 11) is 1.98. The third-order valence-electron chi connectivity index (χ3n) is 6.37. The molecule has 3 aliphatic rings. The van der Waals surface area contributed by atoms with Crippen LogP contribution in [0.3, 0.4) is 0 Å². The van der Waals surface area contributed by atoms with E-state index in [0.717, 1.165) is 29.8 Å². The van der Waals surface area contributed by atoms with Crippen molar-refractivity contribution in [3.63, 3.8) is 0 Å². The van der Waals surface area contributed by atoms with Gasteiger partial charge in [0.2, 0.25) is 11.8 Å². The van der Waals surface area contributed by atoms with Gasteiger partial charge in [0, 0.05) is 19.0 Å². The number of benzene rings is 1. The number of amides is 4. The first-order valence-electron chi connectivity index (χ1n) is 10.7. The first kappa shape index (κ1) is 20.7. The van der Waals surface area contributed by atoms with E-state index >= 15 is 0 Å². The zero-order chi connectivity index (χ0) is 21.3. The number of fused-ring (bicyclic) bond motifs is 1. The van der Waals surface area contributed by atoms with E-state index in [4.69, 9.17) is 0 Å². The lowest BCUT2D eigenvalue weighted by molar-refractivity contribution is -0.136. The first-order valence-corrected chi connectivity index (χ1v) is 10.7. The molecule has 8 nitrogen and oxygen atoms in total. The number of carbonyl (C=O) groups is 4. The van der Waals surface area contributed by atoms with Gasteiger partial charge in [0.05, 0.1) is 11.1 Å². The van der Waals surface area contributed by atoms with Gasteiger partial charge in [-0.15, -0.1) is 0 Å². The molecule has 0 spiro atoms. The summed E-state index contributed by atoms with van der Waals surface area (Å²) in [6, 6.07) is 4.80. The van der Waals surface area contributed by atoms with Crippen LogP contribution in [-0.2, 0) is 16.1 Å². The fourth-order valence-corrected chi connectivity index (χ4v) is 4.84.